The molecule has 0 spiro atoms. The minimum absolute atomic E-state index is 0.0327. The van der Waals surface area contributed by atoms with E-state index in [-0.39, 0.29) is 17.9 Å². The van der Waals surface area contributed by atoms with Crippen LogP contribution in [0.4, 0.5) is 5.69 Å². The third kappa shape index (κ3) is 4.08. The molecule has 0 bridgehead atoms. The number of ether oxygens (including phenoxy) is 1. The van der Waals surface area contributed by atoms with E-state index >= 15 is 0 Å². The van der Waals surface area contributed by atoms with Gasteiger partial charge in [0.05, 0.1) is 16.7 Å². The Morgan fingerprint density at radius 2 is 1.36 bits per heavy atom. The lowest BCUT2D eigenvalue weighted by atomic mass is 10.1. The Hall–Kier alpha value is -4.38. The number of pyridine rings is 1. The van der Waals surface area contributed by atoms with E-state index in [2.05, 4.69) is 5.32 Å². The van der Waals surface area contributed by atoms with E-state index in [1.165, 1.54) is 0 Å². The molecule has 0 radical (unpaired) electrons. The number of para-hydroxylation sites is 4. The molecule has 5 aromatic rings. The highest BCUT2D eigenvalue weighted by atomic mass is 16.5. The number of benzene rings is 4. The van der Waals surface area contributed by atoms with Gasteiger partial charge in [-0.15, -0.1) is 0 Å². The minimum atomic E-state index is -0.214. The lowest BCUT2D eigenvalue weighted by molar-refractivity contribution is -0.116. The maximum absolute atomic E-state index is 13.1. The van der Waals surface area contributed by atoms with Crippen molar-refractivity contribution < 1.29 is 9.53 Å². The zero-order valence-electron chi connectivity index (χ0n) is 18.1. The molecule has 0 atom stereocenters. The summed E-state index contributed by atoms with van der Waals surface area (Å²) in [7, 11) is 0. The van der Waals surface area contributed by atoms with E-state index in [1.54, 1.807) is 12.1 Å². The fourth-order valence-corrected chi connectivity index (χ4v) is 3.97. The van der Waals surface area contributed by atoms with E-state index in [0.29, 0.717) is 28.0 Å². The highest BCUT2D eigenvalue weighted by molar-refractivity contribution is 5.97. The summed E-state index contributed by atoms with van der Waals surface area (Å²) in [5.41, 5.74) is 3.14. The molecule has 4 aromatic carbocycles. The molecule has 1 amide bonds. The number of nitrogens with one attached hydrogen (secondary N) is 1. The first kappa shape index (κ1) is 20.5. The smallest absolute Gasteiger partial charge is 0.244 e. The summed E-state index contributed by atoms with van der Waals surface area (Å²) >= 11 is 0. The van der Waals surface area contributed by atoms with Gasteiger partial charge in [-0.3, -0.25) is 9.59 Å². The van der Waals surface area contributed by atoms with Crippen LogP contribution in [0.25, 0.3) is 21.8 Å². The molecule has 1 aromatic heterocycles. The molecule has 0 unspecified atom stereocenters. The summed E-state index contributed by atoms with van der Waals surface area (Å²) in [6, 6.07) is 29.8. The molecule has 162 valence electrons. The Labute approximate surface area is 190 Å². The summed E-state index contributed by atoms with van der Waals surface area (Å²) in [5, 5.41) is 4.15. The summed E-state index contributed by atoms with van der Waals surface area (Å²) in [6.45, 7) is 2.07. The second-order valence-corrected chi connectivity index (χ2v) is 7.91. The van der Waals surface area contributed by atoms with E-state index in [9.17, 15) is 9.59 Å². The van der Waals surface area contributed by atoms with Crippen LogP contribution in [0.5, 0.6) is 11.5 Å². The Bertz CT molecular complexity index is 1480. The molecule has 0 aliphatic rings. The Kier molecular flexibility index (Phi) is 5.37. The second kappa shape index (κ2) is 8.63. The Morgan fingerprint density at radius 1 is 0.788 bits per heavy atom. The van der Waals surface area contributed by atoms with Crippen molar-refractivity contribution in [2.24, 2.45) is 0 Å². The monoisotopic (exact) mass is 434 g/mol. The van der Waals surface area contributed by atoms with Crippen molar-refractivity contribution in [2.45, 2.75) is 13.5 Å². The number of amides is 1. The molecule has 1 heterocycles. The summed E-state index contributed by atoms with van der Waals surface area (Å²) < 4.78 is 7.89. The third-order valence-electron chi connectivity index (χ3n) is 5.59. The van der Waals surface area contributed by atoms with Gasteiger partial charge in [0, 0.05) is 10.8 Å². The zero-order chi connectivity index (χ0) is 22.8. The maximum atomic E-state index is 13.1. The number of nitrogens with zero attached hydrogens (tertiary/aromatic N) is 1. The van der Waals surface area contributed by atoms with Crippen LogP contribution in [-0.4, -0.2) is 10.5 Å². The first-order chi connectivity index (χ1) is 16.1. The summed E-state index contributed by atoms with van der Waals surface area (Å²) in [5.74, 6) is 1.04. The number of hydrogen-bond donors (Lipinski definition) is 1. The van der Waals surface area contributed by atoms with Gasteiger partial charge in [0.1, 0.15) is 12.3 Å². The SMILES string of the molecule is Cc1ccc(Oc2ccccc2NC(=O)Cn2c3ccccc3c(=O)c3ccccc32)cc1. The molecule has 5 rings (SSSR count). The minimum Gasteiger partial charge on any atom is -0.455 e. The largest absolute Gasteiger partial charge is 0.455 e. The normalized spacial score (nSPS) is 10.9. The van der Waals surface area contributed by atoms with Gasteiger partial charge >= 0.3 is 0 Å². The van der Waals surface area contributed by atoms with Crippen molar-refractivity contribution in [3.05, 3.63) is 113 Å². The molecule has 0 aliphatic carbocycles. The Morgan fingerprint density at radius 3 is 2.03 bits per heavy atom. The predicted molar refractivity (Wildman–Crippen MR) is 132 cm³/mol. The van der Waals surface area contributed by atoms with E-state index in [4.69, 9.17) is 4.74 Å². The van der Waals surface area contributed by atoms with Gasteiger partial charge in [-0.05, 0) is 55.5 Å². The topological polar surface area (TPSA) is 60.3 Å². The molecule has 0 aliphatic heterocycles. The fourth-order valence-electron chi connectivity index (χ4n) is 3.97. The summed E-state index contributed by atoms with van der Waals surface area (Å²) in [4.78, 5) is 26.1. The van der Waals surface area contributed by atoms with Crippen molar-refractivity contribution in [1.82, 2.24) is 4.57 Å². The number of carbonyl (C=O) groups excluding carboxylic acids is 1. The summed E-state index contributed by atoms with van der Waals surface area (Å²) in [6.07, 6.45) is 0. The van der Waals surface area contributed by atoms with Crippen LogP contribution in [-0.2, 0) is 11.3 Å². The van der Waals surface area contributed by atoms with Gasteiger partial charge < -0.3 is 14.6 Å². The van der Waals surface area contributed by atoms with Crippen LogP contribution in [0.3, 0.4) is 0 Å². The van der Waals surface area contributed by atoms with Gasteiger partial charge in [-0.25, -0.2) is 0 Å². The van der Waals surface area contributed by atoms with Crippen LogP contribution < -0.4 is 15.5 Å². The molecule has 5 nitrogen and oxygen atoms in total. The van der Waals surface area contributed by atoms with E-state index in [0.717, 1.165) is 16.6 Å². The average Bonchev–Trinajstić information content (AvgIpc) is 2.84. The van der Waals surface area contributed by atoms with Gasteiger partial charge in [0.2, 0.25) is 5.91 Å². The lowest BCUT2D eigenvalue weighted by Crippen LogP contribution is -2.21. The van der Waals surface area contributed by atoms with Crippen LogP contribution in [0.2, 0.25) is 0 Å². The quantitative estimate of drug-likeness (QED) is 0.351. The average molecular weight is 434 g/mol. The highest BCUT2D eigenvalue weighted by Crippen LogP contribution is 2.29. The molecule has 0 saturated heterocycles. The number of aromatic nitrogens is 1. The van der Waals surface area contributed by atoms with Crippen LogP contribution >= 0.6 is 0 Å². The van der Waals surface area contributed by atoms with E-state index < -0.39 is 0 Å². The maximum Gasteiger partial charge on any atom is 0.244 e. The first-order valence-electron chi connectivity index (χ1n) is 10.7. The number of anilines is 1. The van der Waals surface area contributed by atoms with Crippen molar-refractivity contribution in [2.75, 3.05) is 5.32 Å². The lowest BCUT2D eigenvalue weighted by Gasteiger charge is -2.16. The molecule has 0 fully saturated rings. The molecule has 33 heavy (non-hydrogen) atoms. The highest BCUT2D eigenvalue weighted by Gasteiger charge is 2.14. The van der Waals surface area contributed by atoms with E-state index in [1.807, 2.05) is 96.4 Å². The first-order valence-corrected chi connectivity index (χ1v) is 10.7. The number of hydrogen-bond acceptors (Lipinski definition) is 3. The van der Waals surface area contributed by atoms with Gasteiger partial charge in [-0.2, -0.15) is 0 Å². The molecule has 5 heteroatoms. The number of aryl methyl sites for hydroxylation is 1. The fraction of sp³-hybridized carbons (Fsp3) is 0.0714. The van der Waals surface area contributed by atoms with Crippen molar-refractivity contribution in [3.63, 3.8) is 0 Å². The molecular formula is C28H22N2O3. The second-order valence-electron chi connectivity index (χ2n) is 7.91. The number of fused-ring (bicyclic) bond motifs is 2. The molecule has 0 saturated carbocycles. The zero-order valence-corrected chi connectivity index (χ0v) is 18.1. The number of carbonyl (C=O) groups is 1. The van der Waals surface area contributed by atoms with Crippen LogP contribution in [0, 0.1) is 6.92 Å². The van der Waals surface area contributed by atoms with Crippen molar-refractivity contribution in [3.8, 4) is 11.5 Å². The molecule has 1 N–H and O–H groups in total. The predicted octanol–water partition coefficient (Wildman–Crippen LogP) is 5.89. The van der Waals surface area contributed by atoms with Crippen molar-refractivity contribution in [1.29, 1.82) is 0 Å². The standard InChI is InChI=1S/C28H22N2O3/c1-19-14-16-20(17-15-19)33-26-13-7-4-10-23(26)29-27(31)18-30-24-11-5-2-8-21(24)28(32)22-9-3-6-12-25(22)30/h2-17H,18H2,1H3,(H,29,31). The van der Waals surface area contributed by atoms with Gasteiger partial charge in [0.25, 0.3) is 0 Å². The van der Waals surface area contributed by atoms with Gasteiger partial charge in [-0.1, -0.05) is 54.1 Å². The van der Waals surface area contributed by atoms with Crippen LogP contribution in [0.1, 0.15) is 5.56 Å². The Balaban J connectivity index is 1.48. The van der Waals surface area contributed by atoms with Gasteiger partial charge in [0.15, 0.2) is 11.2 Å². The van der Waals surface area contributed by atoms with Crippen LogP contribution in [0.15, 0.2) is 102 Å². The molecular weight excluding hydrogens is 412 g/mol. The van der Waals surface area contributed by atoms with Crippen molar-refractivity contribution >= 4 is 33.4 Å². The third-order valence-corrected chi connectivity index (χ3v) is 5.59. The number of rotatable bonds is 5.